The zero-order chi connectivity index (χ0) is 32.2. The monoisotopic (exact) mass is 630 g/mol. The van der Waals surface area contributed by atoms with Crippen molar-refractivity contribution in [3.63, 3.8) is 0 Å². The van der Waals surface area contributed by atoms with Gasteiger partial charge in [-0.1, -0.05) is 59.2 Å². The number of carbonyl (C=O) groups is 4. The second kappa shape index (κ2) is 14.2. The number of benzene rings is 1. The summed E-state index contributed by atoms with van der Waals surface area (Å²) in [5.74, 6) is -5.30. The zero-order valence-corrected chi connectivity index (χ0v) is 27.6. The van der Waals surface area contributed by atoms with Crippen molar-refractivity contribution in [1.82, 2.24) is 0 Å². The fourth-order valence-electron chi connectivity index (χ4n) is 5.86. The third kappa shape index (κ3) is 7.83. The number of aliphatic hydroxyl groups is 1. The highest BCUT2D eigenvalue weighted by Crippen LogP contribution is 2.47. The van der Waals surface area contributed by atoms with Crippen molar-refractivity contribution in [1.29, 1.82) is 0 Å². The first-order chi connectivity index (χ1) is 19.4. The van der Waals surface area contributed by atoms with Gasteiger partial charge in [0.15, 0.2) is 12.2 Å². The molecule has 13 heteroatoms. The fraction of sp³-hybridized carbons (Fsp3) is 0.655. The van der Waals surface area contributed by atoms with E-state index in [0.29, 0.717) is 5.75 Å². The van der Waals surface area contributed by atoms with Crippen molar-refractivity contribution in [3.05, 3.63) is 28.8 Å². The van der Waals surface area contributed by atoms with Gasteiger partial charge in [-0.2, -0.15) is 0 Å². The summed E-state index contributed by atoms with van der Waals surface area (Å²) < 4.78 is 34.3. The van der Waals surface area contributed by atoms with E-state index in [1.165, 1.54) is 18.2 Å². The molecule has 0 saturated carbocycles. The average molecular weight is 631 g/mol. The Hall–Kier alpha value is -2.67. The molecule has 1 heterocycles. The van der Waals surface area contributed by atoms with Crippen LogP contribution in [0.15, 0.2) is 18.2 Å². The number of halogens is 1. The van der Waals surface area contributed by atoms with Gasteiger partial charge in [0.2, 0.25) is 11.9 Å². The van der Waals surface area contributed by atoms with Crippen molar-refractivity contribution < 1.29 is 52.4 Å². The molecule has 2 rings (SSSR count). The lowest BCUT2D eigenvalue weighted by atomic mass is 9.87. The first kappa shape index (κ1) is 35.5. The predicted octanol–water partition coefficient (Wildman–Crippen LogP) is 4.80. The summed E-state index contributed by atoms with van der Waals surface area (Å²) >= 11 is 6.62. The van der Waals surface area contributed by atoms with Gasteiger partial charge in [0.1, 0.15) is 18.5 Å². The molecule has 1 aliphatic heterocycles. The molecule has 1 saturated heterocycles. The van der Waals surface area contributed by atoms with E-state index in [2.05, 4.69) is 41.5 Å². The topological polar surface area (TPSA) is 144 Å². The van der Waals surface area contributed by atoms with Crippen molar-refractivity contribution in [3.8, 4) is 5.75 Å². The Labute approximate surface area is 253 Å². The maximum atomic E-state index is 12.3. The molecule has 1 fully saturated rings. The summed E-state index contributed by atoms with van der Waals surface area (Å²) in [5.41, 5.74) is 0.654. The molecular weight excluding hydrogens is 588 g/mol. The van der Waals surface area contributed by atoms with Crippen molar-refractivity contribution >= 4 is 43.8 Å². The van der Waals surface area contributed by atoms with Gasteiger partial charge in [-0.3, -0.25) is 19.2 Å². The largest absolute Gasteiger partial charge is 0.542 e. The highest BCUT2D eigenvalue weighted by Gasteiger charge is 2.60. The quantitative estimate of drug-likeness (QED) is 0.205. The van der Waals surface area contributed by atoms with Crippen molar-refractivity contribution in [2.75, 3.05) is 6.61 Å². The molecule has 0 aliphatic carbocycles. The number of hydrogen-bond acceptors (Lipinski definition) is 11. The molecular formula is C29H43ClO11Si. The number of hydrogen-bond donors (Lipinski definition) is 1. The maximum absolute atomic E-state index is 12.3. The van der Waals surface area contributed by atoms with Gasteiger partial charge in [0.05, 0.1) is 5.02 Å². The van der Waals surface area contributed by atoms with Crippen LogP contribution in [0, 0.1) is 0 Å². The van der Waals surface area contributed by atoms with E-state index in [0.717, 1.165) is 27.7 Å². The fourth-order valence-corrected chi connectivity index (χ4v) is 11.3. The smallest absolute Gasteiger partial charge is 0.303 e. The molecule has 236 valence electrons. The normalized spacial score (nSPS) is 24.4. The lowest BCUT2D eigenvalue weighted by Gasteiger charge is -2.49. The molecule has 0 radical (unpaired) electrons. The minimum absolute atomic E-state index is 0.0542. The Kier molecular flexibility index (Phi) is 12.0. The van der Waals surface area contributed by atoms with Gasteiger partial charge >= 0.3 is 23.9 Å². The van der Waals surface area contributed by atoms with E-state index in [-0.39, 0.29) is 27.2 Å². The van der Waals surface area contributed by atoms with Crippen LogP contribution in [0.3, 0.4) is 0 Å². The summed E-state index contributed by atoms with van der Waals surface area (Å²) in [4.78, 5) is 48.2. The van der Waals surface area contributed by atoms with Gasteiger partial charge in [-0.05, 0) is 28.8 Å². The van der Waals surface area contributed by atoms with Crippen LogP contribution in [0.25, 0.3) is 0 Å². The second-order valence-corrected chi connectivity index (χ2v) is 17.2. The molecule has 42 heavy (non-hydrogen) atoms. The third-order valence-corrected chi connectivity index (χ3v) is 13.7. The number of rotatable bonds is 11. The second-order valence-electron chi connectivity index (χ2n) is 11.4. The van der Waals surface area contributed by atoms with Gasteiger partial charge < -0.3 is 33.2 Å². The highest BCUT2D eigenvalue weighted by atomic mass is 35.5. The standard InChI is InChI=1S/C29H43ClO11Si/c1-15(2)42(16(3)4,17(5)6)41-24-13-22(11-12-23(24)30)29(35)28(39-21(10)34)27(38-20(9)33)26(37-19(8)32)25(40-29)14-36-18(7)31/h11-13,15-17,25-28,35H,14H2,1-10H3/t25-,26-,27+,28-,29+/m1/s1. The van der Waals surface area contributed by atoms with Crippen LogP contribution in [0.1, 0.15) is 74.8 Å². The van der Waals surface area contributed by atoms with Gasteiger partial charge in [0.25, 0.3) is 8.32 Å². The molecule has 0 unspecified atom stereocenters. The first-order valence-electron chi connectivity index (χ1n) is 13.9. The highest BCUT2D eigenvalue weighted by molar-refractivity contribution is 6.78. The minimum atomic E-state index is -2.52. The molecule has 0 aromatic heterocycles. The van der Waals surface area contributed by atoms with Crippen LogP contribution in [0.2, 0.25) is 21.6 Å². The zero-order valence-electron chi connectivity index (χ0n) is 25.9. The Morgan fingerprint density at radius 3 is 1.81 bits per heavy atom. The molecule has 0 bridgehead atoms. The Morgan fingerprint density at radius 1 is 0.857 bits per heavy atom. The van der Waals surface area contributed by atoms with Crippen LogP contribution in [0.4, 0.5) is 0 Å². The number of ether oxygens (including phenoxy) is 5. The van der Waals surface area contributed by atoms with Crippen LogP contribution < -0.4 is 4.43 Å². The van der Waals surface area contributed by atoms with E-state index < -0.39 is 69.0 Å². The summed E-state index contributed by atoms with van der Waals surface area (Å²) in [6.45, 7) is 16.6. The maximum Gasteiger partial charge on any atom is 0.303 e. The van der Waals surface area contributed by atoms with Crippen molar-refractivity contribution in [2.45, 2.75) is 116 Å². The molecule has 0 spiro atoms. The van der Waals surface area contributed by atoms with E-state index in [1.807, 2.05) is 0 Å². The Bertz CT molecular complexity index is 1130. The summed E-state index contributed by atoms with van der Waals surface area (Å²) in [5, 5.41) is 12.5. The van der Waals surface area contributed by atoms with E-state index in [1.54, 1.807) is 0 Å². The molecule has 5 atom stereocenters. The lowest BCUT2D eigenvalue weighted by molar-refractivity contribution is -0.360. The van der Waals surface area contributed by atoms with Crippen LogP contribution >= 0.6 is 11.6 Å². The Balaban J connectivity index is 2.79. The molecule has 11 nitrogen and oxygen atoms in total. The van der Waals surface area contributed by atoms with E-state index in [9.17, 15) is 24.3 Å². The SMILES string of the molecule is CC(=O)OC[C@H]1O[C@@](O)(c2ccc(Cl)c(O[Si](C(C)C)(C(C)C)C(C)C)c2)[C@H](OC(C)=O)[C@@H](OC(C)=O)[C@@H]1OC(C)=O. The van der Waals surface area contributed by atoms with Gasteiger partial charge in [0, 0.05) is 33.3 Å². The van der Waals surface area contributed by atoms with Gasteiger partial charge in [-0.15, -0.1) is 0 Å². The lowest BCUT2D eigenvalue weighted by Crippen LogP contribution is -2.66. The van der Waals surface area contributed by atoms with Crippen molar-refractivity contribution in [2.24, 2.45) is 0 Å². The number of carbonyl (C=O) groups excluding carboxylic acids is 4. The number of esters is 4. The summed E-state index contributed by atoms with van der Waals surface area (Å²) in [6, 6.07) is 4.46. The molecule has 1 N–H and O–H groups in total. The molecule has 1 aromatic carbocycles. The summed E-state index contributed by atoms with van der Waals surface area (Å²) in [7, 11) is -2.52. The van der Waals surface area contributed by atoms with Crippen LogP contribution in [0.5, 0.6) is 5.75 Å². The molecule has 1 aliphatic rings. The summed E-state index contributed by atoms with van der Waals surface area (Å²) in [6.07, 6.45) is -6.02. The molecule has 0 amide bonds. The predicted molar refractivity (Wildman–Crippen MR) is 155 cm³/mol. The van der Waals surface area contributed by atoms with E-state index >= 15 is 0 Å². The van der Waals surface area contributed by atoms with Crippen LogP contribution in [-0.4, -0.2) is 68.3 Å². The van der Waals surface area contributed by atoms with Crippen LogP contribution in [-0.2, 0) is 48.6 Å². The molecule has 1 aromatic rings. The minimum Gasteiger partial charge on any atom is -0.542 e. The Morgan fingerprint density at radius 2 is 1.36 bits per heavy atom. The first-order valence-corrected chi connectivity index (χ1v) is 16.4. The third-order valence-electron chi connectivity index (χ3n) is 7.39. The van der Waals surface area contributed by atoms with E-state index in [4.69, 9.17) is 39.7 Å². The average Bonchev–Trinajstić information content (AvgIpc) is 2.84. The van der Waals surface area contributed by atoms with Gasteiger partial charge in [-0.25, -0.2) is 0 Å².